The van der Waals surface area contributed by atoms with Crippen molar-refractivity contribution in [2.24, 2.45) is 0 Å². The number of carboxylic acid groups (broad SMARTS) is 1. The Hall–Kier alpha value is -4.87. The highest BCUT2D eigenvalue weighted by Crippen LogP contribution is 2.41. The second kappa shape index (κ2) is 20.7. The van der Waals surface area contributed by atoms with E-state index in [4.69, 9.17) is 37.9 Å². The van der Waals surface area contributed by atoms with Gasteiger partial charge in [-0.05, 0) is 54.5 Å². The van der Waals surface area contributed by atoms with Crippen molar-refractivity contribution in [2.45, 2.75) is 86.8 Å². The van der Waals surface area contributed by atoms with Gasteiger partial charge in [-0.3, -0.25) is 9.59 Å². The zero-order chi connectivity index (χ0) is 42.7. The number of esters is 2. The number of phenolic OH excluding ortho intramolecular Hbond substituents is 1. The van der Waals surface area contributed by atoms with E-state index in [1.165, 1.54) is 63.6 Å². The highest BCUT2D eigenvalue weighted by molar-refractivity contribution is 5.87. The zero-order valence-corrected chi connectivity index (χ0v) is 31.6. The third-order valence-electron chi connectivity index (χ3n) is 9.02. The molecule has 0 bridgehead atoms. The number of phenols is 1. The number of aliphatic hydroxyl groups excluding tert-OH is 7. The van der Waals surface area contributed by atoms with Crippen molar-refractivity contribution in [3.63, 3.8) is 0 Å². The normalized spacial score (nSPS) is 28.4. The summed E-state index contributed by atoms with van der Waals surface area (Å²) < 4.78 is 43.7. The minimum Gasteiger partial charge on any atom is -0.508 e. The third-order valence-corrected chi connectivity index (χ3v) is 9.02. The monoisotopic (exact) mass is 824 g/mol. The maximum atomic E-state index is 12.9. The summed E-state index contributed by atoms with van der Waals surface area (Å²) in [7, 11) is 2.63. The van der Waals surface area contributed by atoms with E-state index in [-0.39, 0.29) is 29.6 Å². The van der Waals surface area contributed by atoms with Crippen molar-refractivity contribution in [2.75, 3.05) is 34.0 Å². The smallest absolute Gasteiger partial charge is 0.330 e. The molecule has 0 aliphatic carbocycles. The Morgan fingerprint density at radius 2 is 1.34 bits per heavy atom. The molecule has 2 heterocycles. The Morgan fingerprint density at radius 3 is 1.93 bits per heavy atom. The van der Waals surface area contributed by atoms with Gasteiger partial charge in [0.2, 0.25) is 12.0 Å². The molecule has 2 aromatic carbocycles. The average molecular weight is 825 g/mol. The molecule has 2 aliphatic rings. The minimum atomic E-state index is -1.91. The first-order valence-corrected chi connectivity index (χ1v) is 17.8. The molecule has 0 amide bonds. The van der Waals surface area contributed by atoms with Gasteiger partial charge in [0.1, 0.15) is 67.8 Å². The largest absolute Gasteiger partial charge is 0.508 e. The van der Waals surface area contributed by atoms with Gasteiger partial charge in [0.25, 0.3) is 0 Å². The molecule has 2 aromatic rings. The summed E-state index contributed by atoms with van der Waals surface area (Å²) in [4.78, 5) is 37.0. The summed E-state index contributed by atoms with van der Waals surface area (Å²) in [5.74, 6) is -3.02. The van der Waals surface area contributed by atoms with Crippen molar-refractivity contribution in [1.82, 2.24) is 0 Å². The van der Waals surface area contributed by atoms with Gasteiger partial charge in [0.05, 0.1) is 39.3 Å². The van der Waals surface area contributed by atoms with Crippen LogP contribution >= 0.6 is 0 Å². The first-order chi connectivity index (χ1) is 27.5. The van der Waals surface area contributed by atoms with Crippen LogP contribution in [0.5, 0.6) is 23.0 Å². The molecule has 20 heteroatoms. The van der Waals surface area contributed by atoms with Crippen LogP contribution in [0.1, 0.15) is 30.9 Å². The Balaban J connectivity index is 1.36. The Morgan fingerprint density at radius 1 is 0.759 bits per heavy atom. The van der Waals surface area contributed by atoms with Crippen LogP contribution in [0.4, 0.5) is 0 Å². The number of hydrogen-bond acceptors (Lipinski definition) is 19. The predicted molar refractivity (Wildman–Crippen MR) is 195 cm³/mol. The second-order valence-corrected chi connectivity index (χ2v) is 13.5. The number of ether oxygens (including phenoxy) is 8. The van der Waals surface area contributed by atoms with E-state index in [1.54, 1.807) is 12.1 Å². The number of aromatic hydroxyl groups is 1. The van der Waals surface area contributed by atoms with Crippen LogP contribution in [0, 0.1) is 0 Å². The first kappa shape index (κ1) is 45.8. The summed E-state index contributed by atoms with van der Waals surface area (Å²) in [5.41, 5.74) is -0.867. The number of aliphatic hydroxyl groups is 7. The van der Waals surface area contributed by atoms with Crippen molar-refractivity contribution >= 4 is 30.1 Å². The fourth-order valence-corrected chi connectivity index (χ4v) is 5.93. The van der Waals surface area contributed by atoms with Crippen LogP contribution in [0.3, 0.4) is 0 Å². The van der Waals surface area contributed by atoms with E-state index in [2.05, 4.69) is 0 Å². The number of methoxy groups -OCH3 is 2. The molecule has 11 atom stereocenters. The molecule has 9 N–H and O–H groups in total. The lowest BCUT2D eigenvalue weighted by Crippen LogP contribution is -2.61. The number of aliphatic carboxylic acids is 1. The molecule has 0 unspecified atom stereocenters. The summed E-state index contributed by atoms with van der Waals surface area (Å²) in [5, 5.41) is 90.7. The lowest BCUT2D eigenvalue weighted by molar-refractivity contribution is -0.325. The van der Waals surface area contributed by atoms with E-state index < -0.39 is 111 Å². The molecule has 320 valence electrons. The van der Waals surface area contributed by atoms with E-state index in [9.17, 15) is 60.3 Å². The maximum Gasteiger partial charge on any atom is 0.330 e. The van der Waals surface area contributed by atoms with Crippen molar-refractivity contribution in [3.8, 4) is 23.0 Å². The van der Waals surface area contributed by atoms with Crippen molar-refractivity contribution < 1.29 is 98.2 Å². The molecule has 2 aliphatic heterocycles. The maximum absolute atomic E-state index is 12.9. The quantitative estimate of drug-likeness (QED) is 0.0633. The second-order valence-electron chi connectivity index (χ2n) is 13.5. The first-order valence-electron chi connectivity index (χ1n) is 17.8. The van der Waals surface area contributed by atoms with Crippen molar-refractivity contribution in [3.05, 3.63) is 59.7 Å². The van der Waals surface area contributed by atoms with E-state index in [0.717, 1.165) is 6.08 Å². The summed E-state index contributed by atoms with van der Waals surface area (Å²) in [6.07, 6.45) is -12.6. The summed E-state index contributed by atoms with van der Waals surface area (Å²) >= 11 is 0. The number of benzene rings is 2. The molecule has 0 radical (unpaired) electrons. The molecule has 0 spiro atoms. The molecule has 58 heavy (non-hydrogen) atoms. The predicted octanol–water partition coefficient (Wildman–Crippen LogP) is -1.15. The SMILES string of the molecule is COc1cc(/C=C/COC(=O)C[C@](C)(CC(=O)O)O[C@H]2O[C@@H](COC(=O)/C=C\c3ccc(O)cc3)[C@H](O)[C@@H](O)[C@@H]2O)cc(OC)c1O[C@@H]1O[C@H](CO)[C@@H](O)[C@H](O)[C@H]1O. The highest BCUT2D eigenvalue weighted by atomic mass is 16.7. The molecule has 2 fully saturated rings. The molecular formula is C38H48O20. The Bertz CT molecular complexity index is 1720. The fraction of sp³-hybridized carbons (Fsp3) is 0.500. The molecule has 0 saturated carbocycles. The summed E-state index contributed by atoms with van der Waals surface area (Å²) in [6, 6.07) is 8.88. The van der Waals surface area contributed by atoms with Crippen LogP contribution in [0.25, 0.3) is 12.2 Å². The van der Waals surface area contributed by atoms with Gasteiger partial charge in [0, 0.05) is 6.08 Å². The van der Waals surface area contributed by atoms with Crippen LogP contribution in [-0.4, -0.2) is 165 Å². The van der Waals surface area contributed by atoms with Crippen LogP contribution < -0.4 is 14.2 Å². The topological polar surface area (TPSA) is 307 Å². The zero-order valence-electron chi connectivity index (χ0n) is 31.6. The molecule has 0 aromatic heterocycles. The Labute approximate surface area is 331 Å². The van der Waals surface area contributed by atoms with Gasteiger partial charge in [-0.25, -0.2) is 4.79 Å². The van der Waals surface area contributed by atoms with Crippen LogP contribution in [-0.2, 0) is 38.1 Å². The van der Waals surface area contributed by atoms with Gasteiger partial charge in [0.15, 0.2) is 17.8 Å². The molecular weight excluding hydrogens is 776 g/mol. The van der Waals surface area contributed by atoms with Crippen LogP contribution in [0.15, 0.2) is 48.6 Å². The number of carboxylic acids is 1. The third kappa shape index (κ3) is 12.1. The molecule has 2 saturated heterocycles. The standard InChI is InChI=1S/C38H48O20/c1-38(15-26(41)42,58-37-34(50)32(48)30(46)25(56-37)18-54-27(43)11-8-19-6-9-21(40)10-7-19)16-28(44)53-12-4-5-20-13-22(51-2)35(23(14-20)52-3)57-36-33(49)31(47)29(45)24(17-39)55-36/h4-11,13-14,24-25,29-34,36-37,39-40,45-50H,12,15-18H2,1-3H3,(H,41,42)/b5-4+,11-8-/t24-,25+,29-,30+,31+,32-,33-,34+,36+,37-,38+/m1/s1. The van der Waals surface area contributed by atoms with E-state index in [1.807, 2.05) is 0 Å². The Kier molecular flexibility index (Phi) is 16.4. The van der Waals surface area contributed by atoms with Gasteiger partial charge in [-0.2, -0.15) is 0 Å². The average Bonchev–Trinajstić information content (AvgIpc) is 3.18. The van der Waals surface area contributed by atoms with Crippen LogP contribution in [0.2, 0.25) is 0 Å². The van der Waals surface area contributed by atoms with Gasteiger partial charge < -0.3 is 83.9 Å². The van der Waals surface area contributed by atoms with E-state index >= 15 is 0 Å². The van der Waals surface area contributed by atoms with E-state index in [0.29, 0.717) is 11.1 Å². The number of rotatable bonds is 18. The molecule has 4 rings (SSSR count). The van der Waals surface area contributed by atoms with Gasteiger partial charge >= 0.3 is 17.9 Å². The highest BCUT2D eigenvalue weighted by Gasteiger charge is 2.48. The number of carbonyl (C=O) groups excluding carboxylic acids is 2. The number of hydrogen-bond donors (Lipinski definition) is 9. The fourth-order valence-electron chi connectivity index (χ4n) is 5.93. The van der Waals surface area contributed by atoms with Crippen molar-refractivity contribution in [1.29, 1.82) is 0 Å². The minimum absolute atomic E-state index is 0.0294. The van der Waals surface area contributed by atoms with Gasteiger partial charge in [-0.1, -0.05) is 18.2 Å². The number of carbonyl (C=O) groups is 3. The lowest BCUT2D eigenvalue weighted by Gasteiger charge is -2.43. The van der Waals surface area contributed by atoms with Gasteiger partial charge in [-0.15, -0.1) is 0 Å². The lowest BCUT2D eigenvalue weighted by atomic mass is 9.95. The summed E-state index contributed by atoms with van der Waals surface area (Å²) in [6.45, 7) is -0.366. The molecule has 20 nitrogen and oxygen atoms in total.